The number of rotatable bonds is 5. The molecule has 4 heteroatoms. The monoisotopic (exact) mass is 203 g/mol. The van der Waals surface area contributed by atoms with Crippen molar-refractivity contribution < 1.29 is 9.90 Å². The van der Waals surface area contributed by atoms with Gasteiger partial charge in [-0.3, -0.25) is 4.79 Å². The summed E-state index contributed by atoms with van der Waals surface area (Å²) < 4.78 is 0. The maximum atomic E-state index is 11.2. The Morgan fingerprint density at radius 3 is 2.77 bits per heavy atom. The fourth-order valence-electron chi connectivity index (χ4n) is 1.13. The predicted molar refractivity (Wildman–Crippen MR) is 54.7 cm³/mol. The van der Waals surface area contributed by atoms with Crippen molar-refractivity contribution in [2.75, 3.05) is 18.6 Å². The van der Waals surface area contributed by atoms with E-state index < -0.39 is 5.60 Å². The molecule has 0 aromatic rings. The number of thioether (sulfide) groups is 1. The molecule has 1 atom stereocenters. The molecule has 1 saturated carbocycles. The Morgan fingerprint density at radius 2 is 2.31 bits per heavy atom. The molecule has 76 valence electrons. The van der Waals surface area contributed by atoms with Gasteiger partial charge in [0.2, 0.25) is 5.91 Å². The Balaban J connectivity index is 2.19. The first-order valence-corrected chi connectivity index (χ1v) is 5.93. The van der Waals surface area contributed by atoms with Crippen LogP contribution in [-0.2, 0) is 4.79 Å². The second kappa shape index (κ2) is 4.33. The second-order valence-electron chi connectivity index (χ2n) is 3.92. The van der Waals surface area contributed by atoms with Gasteiger partial charge in [-0.15, -0.1) is 0 Å². The molecule has 13 heavy (non-hydrogen) atoms. The molecule has 3 nitrogen and oxygen atoms in total. The summed E-state index contributed by atoms with van der Waals surface area (Å²) in [6.45, 7) is 2.11. The lowest BCUT2D eigenvalue weighted by Crippen LogP contribution is -2.42. The van der Waals surface area contributed by atoms with Crippen LogP contribution < -0.4 is 5.32 Å². The van der Waals surface area contributed by atoms with Crippen LogP contribution in [-0.4, -0.2) is 35.2 Å². The minimum absolute atomic E-state index is 0.0985. The molecule has 0 radical (unpaired) electrons. The molecule has 1 unspecified atom stereocenters. The van der Waals surface area contributed by atoms with E-state index in [-0.39, 0.29) is 11.8 Å². The number of carbonyl (C=O) groups is 1. The highest BCUT2D eigenvalue weighted by atomic mass is 32.2. The Kier molecular flexibility index (Phi) is 3.62. The zero-order chi connectivity index (χ0) is 9.90. The van der Waals surface area contributed by atoms with E-state index in [9.17, 15) is 9.90 Å². The number of carbonyl (C=O) groups excluding carboxylic acids is 1. The van der Waals surface area contributed by atoms with Crippen LogP contribution in [0.1, 0.15) is 19.8 Å². The standard InChI is InChI=1S/C9H17NO2S/c1-9(12,6-13-2)5-10-8(11)7-3-4-7/h7,12H,3-6H2,1-2H3,(H,10,11). The second-order valence-corrected chi connectivity index (χ2v) is 4.79. The predicted octanol–water partition coefficient (Wildman–Crippen LogP) is 0.627. The van der Waals surface area contributed by atoms with Gasteiger partial charge < -0.3 is 10.4 Å². The third-order valence-electron chi connectivity index (χ3n) is 2.05. The first-order chi connectivity index (χ1) is 6.05. The Hall–Kier alpha value is -0.220. The number of aliphatic hydroxyl groups is 1. The number of nitrogens with one attached hydrogen (secondary N) is 1. The Morgan fingerprint density at radius 1 is 1.69 bits per heavy atom. The van der Waals surface area contributed by atoms with Gasteiger partial charge in [0.15, 0.2) is 0 Å². The summed E-state index contributed by atoms with van der Waals surface area (Å²) in [4.78, 5) is 11.2. The third-order valence-corrected chi connectivity index (χ3v) is 2.96. The summed E-state index contributed by atoms with van der Waals surface area (Å²) in [5.74, 6) is 0.976. The summed E-state index contributed by atoms with van der Waals surface area (Å²) in [6.07, 6.45) is 3.96. The van der Waals surface area contributed by atoms with Crippen molar-refractivity contribution in [2.24, 2.45) is 5.92 Å². The molecule has 1 fully saturated rings. The van der Waals surface area contributed by atoms with Crippen LogP contribution in [0.4, 0.5) is 0 Å². The molecule has 2 N–H and O–H groups in total. The fraction of sp³-hybridized carbons (Fsp3) is 0.889. The highest BCUT2D eigenvalue weighted by Gasteiger charge is 2.31. The van der Waals surface area contributed by atoms with Crippen molar-refractivity contribution in [1.29, 1.82) is 0 Å². The van der Waals surface area contributed by atoms with Gasteiger partial charge in [-0.25, -0.2) is 0 Å². The van der Waals surface area contributed by atoms with E-state index in [0.717, 1.165) is 12.8 Å². The maximum absolute atomic E-state index is 11.2. The average molecular weight is 203 g/mol. The molecule has 1 aliphatic rings. The van der Waals surface area contributed by atoms with E-state index in [1.807, 2.05) is 6.26 Å². The van der Waals surface area contributed by atoms with Gasteiger partial charge in [0.05, 0.1) is 5.60 Å². The van der Waals surface area contributed by atoms with E-state index in [2.05, 4.69) is 5.32 Å². The molecule has 0 aliphatic heterocycles. The van der Waals surface area contributed by atoms with Crippen molar-refractivity contribution in [3.05, 3.63) is 0 Å². The summed E-state index contributed by atoms with van der Waals surface area (Å²) in [6, 6.07) is 0. The van der Waals surface area contributed by atoms with E-state index >= 15 is 0 Å². The zero-order valence-electron chi connectivity index (χ0n) is 8.17. The highest BCUT2D eigenvalue weighted by Crippen LogP contribution is 2.28. The fourth-order valence-corrected chi connectivity index (χ4v) is 1.85. The van der Waals surface area contributed by atoms with E-state index in [4.69, 9.17) is 0 Å². The lowest BCUT2D eigenvalue weighted by atomic mass is 10.1. The topological polar surface area (TPSA) is 49.3 Å². The zero-order valence-corrected chi connectivity index (χ0v) is 8.99. The third kappa shape index (κ3) is 4.00. The molecule has 1 rings (SSSR count). The first-order valence-electron chi connectivity index (χ1n) is 4.54. The van der Waals surface area contributed by atoms with Gasteiger partial charge in [0.25, 0.3) is 0 Å². The largest absolute Gasteiger partial charge is 0.387 e. The minimum Gasteiger partial charge on any atom is -0.387 e. The summed E-state index contributed by atoms with van der Waals surface area (Å²) >= 11 is 1.58. The van der Waals surface area contributed by atoms with Crippen molar-refractivity contribution in [2.45, 2.75) is 25.4 Å². The van der Waals surface area contributed by atoms with Crippen molar-refractivity contribution in [3.8, 4) is 0 Å². The van der Waals surface area contributed by atoms with Crippen molar-refractivity contribution >= 4 is 17.7 Å². The van der Waals surface area contributed by atoms with Crippen LogP contribution in [0.2, 0.25) is 0 Å². The normalized spacial score (nSPS) is 20.8. The lowest BCUT2D eigenvalue weighted by molar-refractivity contribution is -0.123. The van der Waals surface area contributed by atoms with Gasteiger partial charge in [-0.05, 0) is 26.0 Å². The first kappa shape index (κ1) is 10.9. The van der Waals surface area contributed by atoms with Gasteiger partial charge in [0.1, 0.15) is 0 Å². The molecule has 0 bridgehead atoms. The van der Waals surface area contributed by atoms with Crippen molar-refractivity contribution in [1.82, 2.24) is 5.32 Å². The van der Waals surface area contributed by atoms with Gasteiger partial charge in [0, 0.05) is 18.2 Å². The molecule has 0 heterocycles. The van der Waals surface area contributed by atoms with Gasteiger partial charge in [-0.2, -0.15) is 11.8 Å². The molecule has 1 aliphatic carbocycles. The van der Waals surface area contributed by atoms with Crippen LogP contribution in [0.3, 0.4) is 0 Å². The molecule has 0 saturated heterocycles. The molecule has 0 spiro atoms. The van der Waals surface area contributed by atoms with E-state index in [0.29, 0.717) is 12.3 Å². The van der Waals surface area contributed by atoms with Crippen LogP contribution >= 0.6 is 11.8 Å². The summed E-state index contributed by atoms with van der Waals surface area (Å²) in [7, 11) is 0. The quantitative estimate of drug-likeness (QED) is 0.689. The van der Waals surface area contributed by atoms with Crippen molar-refractivity contribution in [3.63, 3.8) is 0 Å². The summed E-state index contributed by atoms with van der Waals surface area (Å²) in [5, 5.41) is 12.5. The van der Waals surface area contributed by atoms with E-state index in [1.54, 1.807) is 18.7 Å². The van der Waals surface area contributed by atoms with Gasteiger partial charge >= 0.3 is 0 Å². The van der Waals surface area contributed by atoms with Crippen LogP contribution in [0.25, 0.3) is 0 Å². The maximum Gasteiger partial charge on any atom is 0.223 e. The molecular formula is C9H17NO2S. The number of amides is 1. The average Bonchev–Trinajstić information content (AvgIpc) is 2.82. The molecular weight excluding hydrogens is 186 g/mol. The molecule has 0 aromatic heterocycles. The smallest absolute Gasteiger partial charge is 0.223 e. The molecule has 0 aromatic carbocycles. The summed E-state index contributed by atoms with van der Waals surface area (Å²) in [5.41, 5.74) is -0.774. The van der Waals surface area contributed by atoms with Crippen LogP contribution in [0.15, 0.2) is 0 Å². The van der Waals surface area contributed by atoms with Crippen LogP contribution in [0, 0.1) is 5.92 Å². The number of hydrogen-bond acceptors (Lipinski definition) is 3. The molecule has 1 amide bonds. The Labute approximate surface area is 83.3 Å². The minimum atomic E-state index is -0.774. The Bertz CT molecular complexity index is 190. The van der Waals surface area contributed by atoms with E-state index in [1.165, 1.54) is 0 Å². The number of hydrogen-bond donors (Lipinski definition) is 2. The van der Waals surface area contributed by atoms with Gasteiger partial charge in [-0.1, -0.05) is 0 Å². The SMILES string of the molecule is CSCC(C)(O)CNC(=O)C1CC1. The highest BCUT2D eigenvalue weighted by molar-refractivity contribution is 7.98. The lowest BCUT2D eigenvalue weighted by Gasteiger charge is -2.22. The van der Waals surface area contributed by atoms with Crippen LogP contribution in [0.5, 0.6) is 0 Å².